The van der Waals surface area contributed by atoms with Crippen molar-refractivity contribution in [2.75, 3.05) is 20.2 Å². The molecule has 2 aromatic carbocycles. The van der Waals surface area contributed by atoms with E-state index in [9.17, 15) is 23.5 Å². The van der Waals surface area contributed by atoms with Gasteiger partial charge in [-0.3, -0.25) is 9.59 Å². The lowest BCUT2D eigenvalue weighted by molar-refractivity contribution is 0.0249. The van der Waals surface area contributed by atoms with E-state index in [0.717, 1.165) is 12.1 Å². The predicted octanol–water partition coefficient (Wildman–Crippen LogP) is 3.05. The number of hydrogen-bond donors (Lipinski definition) is 1. The Balaban J connectivity index is 1.79. The van der Waals surface area contributed by atoms with Crippen molar-refractivity contribution in [3.63, 3.8) is 0 Å². The molecule has 1 fully saturated rings. The molecule has 0 saturated carbocycles. The second-order valence-electron chi connectivity index (χ2n) is 7.13. The van der Waals surface area contributed by atoms with E-state index in [-0.39, 0.29) is 30.0 Å². The molecule has 1 N–H and O–H groups in total. The Kier molecular flexibility index (Phi) is 5.72. The van der Waals surface area contributed by atoms with E-state index in [1.807, 2.05) is 0 Å². The Labute approximate surface area is 167 Å². The van der Waals surface area contributed by atoms with Gasteiger partial charge in [-0.2, -0.15) is 0 Å². The molecule has 1 heterocycles. The molecule has 0 aromatic heterocycles. The molecule has 0 unspecified atom stereocenters. The van der Waals surface area contributed by atoms with Crippen LogP contribution in [0.5, 0.6) is 11.5 Å². The van der Waals surface area contributed by atoms with Gasteiger partial charge in [0.05, 0.1) is 18.2 Å². The summed E-state index contributed by atoms with van der Waals surface area (Å²) in [6.07, 6.45) is 0. The molecule has 0 bridgehead atoms. The van der Waals surface area contributed by atoms with Crippen molar-refractivity contribution in [2.45, 2.75) is 25.9 Å². The molecule has 0 radical (unpaired) electrons. The number of halogens is 2. The minimum Gasteiger partial charge on any atom is -0.508 e. The highest BCUT2D eigenvalue weighted by atomic mass is 19.1. The second kappa shape index (κ2) is 8.06. The molecule has 3 rings (SSSR count). The summed E-state index contributed by atoms with van der Waals surface area (Å²) in [7, 11) is 1.41. The van der Waals surface area contributed by atoms with Crippen LogP contribution in [0.4, 0.5) is 8.78 Å². The first-order valence-electron chi connectivity index (χ1n) is 9.17. The Morgan fingerprint density at radius 1 is 0.966 bits per heavy atom. The first-order valence-corrected chi connectivity index (χ1v) is 9.17. The summed E-state index contributed by atoms with van der Waals surface area (Å²) in [5, 5.41) is 9.33. The highest BCUT2D eigenvalue weighted by Crippen LogP contribution is 2.25. The second-order valence-corrected chi connectivity index (χ2v) is 7.13. The number of amides is 2. The summed E-state index contributed by atoms with van der Waals surface area (Å²) < 4.78 is 33.4. The summed E-state index contributed by atoms with van der Waals surface area (Å²) in [5.74, 6) is -2.45. The largest absolute Gasteiger partial charge is 0.508 e. The van der Waals surface area contributed by atoms with Crippen molar-refractivity contribution < 1.29 is 28.2 Å². The number of carbonyl (C=O) groups excluding carboxylic acids is 2. The highest BCUT2D eigenvalue weighted by molar-refractivity contribution is 5.96. The Morgan fingerprint density at radius 2 is 1.52 bits per heavy atom. The van der Waals surface area contributed by atoms with Gasteiger partial charge in [-0.1, -0.05) is 0 Å². The van der Waals surface area contributed by atoms with Crippen molar-refractivity contribution in [3.05, 3.63) is 59.2 Å². The molecular weight excluding hydrogens is 382 g/mol. The van der Waals surface area contributed by atoms with Gasteiger partial charge in [0.2, 0.25) is 0 Å². The molecule has 8 heteroatoms. The minimum absolute atomic E-state index is 0.0751. The van der Waals surface area contributed by atoms with E-state index in [1.165, 1.54) is 41.2 Å². The lowest BCUT2D eigenvalue weighted by atomic mass is 10.0. The topological polar surface area (TPSA) is 70.1 Å². The zero-order valence-corrected chi connectivity index (χ0v) is 16.4. The zero-order valence-electron chi connectivity index (χ0n) is 16.4. The first kappa shape index (κ1) is 20.6. The minimum atomic E-state index is -0.811. The molecule has 29 heavy (non-hydrogen) atoms. The van der Waals surface area contributed by atoms with E-state index >= 15 is 0 Å². The van der Waals surface area contributed by atoms with Gasteiger partial charge in [-0.25, -0.2) is 8.78 Å². The third-order valence-corrected chi connectivity index (χ3v) is 5.03. The molecule has 2 aromatic rings. The van der Waals surface area contributed by atoms with Crippen LogP contribution in [0, 0.1) is 11.6 Å². The lowest BCUT2D eigenvalue weighted by Gasteiger charge is -2.44. The monoisotopic (exact) mass is 404 g/mol. The van der Waals surface area contributed by atoms with Crippen LogP contribution in [0.25, 0.3) is 0 Å². The summed E-state index contributed by atoms with van der Waals surface area (Å²) in [6, 6.07) is 6.58. The molecule has 1 aliphatic rings. The highest BCUT2D eigenvalue weighted by Gasteiger charge is 2.36. The van der Waals surface area contributed by atoms with Crippen LogP contribution in [0.15, 0.2) is 36.4 Å². The Hall–Kier alpha value is -3.16. The van der Waals surface area contributed by atoms with Crippen LogP contribution in [0.1, 0.15) is 34.6 Å². The van der Waals surface area contributed by atoms with E-state index in [0.29, 0.717) is 5.75 Å². The number of phenolic OH excluding ortho intramolecular Hbond substituents is 1. The number of ether oxygens (including phenoxy) is 1. The van der Waals surface area contributed by atoms with E-state index < -0.39 is 35.5 Å². The molecule has 0 aliphatic carbocycles. The smallest absolute Gasteiger partial charge is 0.257 e. The van der Waals surface area contributed by atoms with Crippen LogP contribution in [-0.4, -0.2) is 59.0 Å². The Bertz CT molecular complexity index is 938. The van der Waals surface area contributed by atoms with Crippen LogP contribution in [-0.2, 0) is 0 Å². The van der Waals surface area contributed by atoms with Gasteiger partial charge >= 0.3 is 0 Å². The van der Waals surface area contributed by atoms with Gasteiger partial charge in [0.25, 0.3) is 11.8 Å². The SMILES string of the molecule is COc1ccc(C(=O)N2[C@H](C)CN(C(=O)c3ccc(O)cc3F)C[C@H]2C)c(F)c1. The number of carbonyl (C=O) groups is 2. The predicted molar refractivity (Wildman–Crippen MR) is 102 cm³/mol. The number of nitrogens with zero attached hydrogens (tertiary/aromatic N) is 2. The summed E-state index contributed by atoms with van der Waals surface area (Å²) in [5.41, 5.74) is -0.225. The lowest BCUT2D eigenvalue weighted by Crippen LogP contribution is -2.60. The number of piperazine rings is 1. The standard InChI is InChI=1S/C21H22F2N2O4/c1-12-10-24(20(27)16-6-4-14(26)8-18(16)22)11-13(2)25(12)21(28)17-7-5-15(29-3)9-19(17)23/h4-9,12-13,26H,10-11H2,1-3H3/t12-,13-/m1/s1. The average Bonchev–Trinajstić information content (AvgIpc) is 2.66. The molecule has 154 valence electrons. The maximum absolute atomic E-state index is 14.3. The number of methoxy groups -OCH3 is 1. The van der Waals surface area contributed by atoms with Crippen LogP contribution in [0.2, 0.25) is 0 Å². The summed E-state index contributed by atoms with van der Waals surface area (Å²) >= 11 is 0. The van der Waals surface area contributed by atoms with Crippen molar-refractivity contribution in [2.24, 2.45) is 0 Å². The fraction of sp³-hybridized carbons (Fsp3) is 0.333. The molecule has 1 saturated heterocycles. The number of phenols is 1. The fourth-order valence-electron chi connectivity index (χ4n) is 3.67. The zero-order chi connectivity index (χ0) is 21.3. The normalized spacial score (nSPS) is 19.2. The van der Waals surface area contributed by atoms with Gasteiger partial charge in [0.1, 0.15) is 23.1 Å². The molecule has 2 amide bonds. The summed E-state index contributed by atoms with van der Waals surface area (Å²) in [6.45, 7) is 3.85. The van der Waals surface area contributed by atoms with Crippen molar-refractivity contribution in [1.82, 2.24) is 9.80 Å². The van der Waals surface area contributed by atoms with Gasteiger partial charge in [0.15, 0.2) is 0 Å². The Morgan fingerprint density at radius 3 is 2.07 bits per heavy atom. The maximum atomic E-state index is 14.3. The average molecular weight is 404 g/mol. The molecule has 2 atom stereocenters. The molecular formula is C21H22F2N2O4. The summed E-state index contributed by atoms with van der Waals surface area (Å²) in [4.78, 5) is 28.6. The number of rotatable bonds is 3. The van der Waals surface area contributed by atoms with Crippen LogP contribution < -0.4 is 4.74 Å². The van der Waals surface area contributed by atoms with Crippen molar-refractivity contribution in [1.29, 1.82) is 0 Å². The molecule has 1 aliphatic heterocycles. The number of hydrogen-bond acceptors (Lipinski definition) is 4. The molecule has 6 nitrogen and oxygen atoms in total. The van der Waals surface area contributed by atoms with Gasteiger partial charge < -0.3 is 19.6 Å². The van der Waals surface area contributed by atoms with Crippen LogP contribution >= 0.6 is 0 Å². The van der Waals surface area contributed by atoms with E-state index in [1.54, 1.807) is 13.8 Å². The number of benzene rings is 2. The van der Waals surface area contributed by atoms with E-state index in [2.05, 4.69) is 0 Å². The molecule has 0 spiro atoms. The van der Waals surface area contributed by atoms with Gasteiger partial charge in [-0.15, -0.1) is 0 Å². The third kappa shape index (κ3) is 4.01. The van der Waals surface area contributed by atoms with Crippen LogP contribution in [0.3, 0.4) is 0 Å². The number of aromatic hydroxyl groups is 1. The van der Waals surface area contributed by atoms with Crippen molar-refractivity contribution in [3.8, 4) is 11.5 Å². The van der Waals surface area contributed by atoms with Gasteiger partial charge in [0, 0.05) is 37.3 Å². The maximum Gasteiger partial charge on any atom is 0.257 e. The van der Waals surface area contributed by atoms with Crippen molar-refractivity contribution >= 4 is 11.8 Å². The first-order chi connectivity index (χ1) is 13.7. The quantitative estimate of drug-likeness (QED) is 0.854. The third-order valence-electron chi connectivity index (χ3n) is 5.03. The fourth-order valence-corrected chi connectivity index (χ4v) is 3.67. The van der Waals surface area contributed by atoms with Gasteiger partial charge in [-0.05, 0) is 38.1 Å². The van der Waals surface area contributed by atoms with E-state index in [4.69, 9.17) is 4.74 Å².